The monoisotopic (exact) mass is 608 g/mol. The van der Waals surface area contributed by atoms with Crippen molar-refractivity contribution in [2.75, 3.05) is 0 Å². The predicted octanol–water partition coefficient (Wildman–Crippen LogP) is 10.7. The highest BCUT2D eigenvalue weighted by Crippen LogP contribution is 2.42. The molecule has 46 heavy (non-hydrogen) atoms. The van der Waals surface area contributed by atoms with Gasteiger partial charge in [-0.3, -0.25) is 0 Å². The van der Waals surface area contributed by atoms with Crippen molar-refractivity contribution in [3.8, 4) is 55.9 Å². The highest BCUT2D eigenvalue weighted by Gasteiger charge is 2.20. The maximum atomic E-state index is 6.48. The van der Waals surface area contributed by atoms with Gasteiger partial charge in [0.1, 0.15) is 16.2 Å². The summed E-state index contributed by atoms with van der Waals surface area (Å²) in [7, 11) is 0. The number of nitrogens with zero attached hydrogens (tertiary/aromatic N) is 4. The van der Waals surface area contributed by atoms with E-state index in [2.05, 4.69) is 48.5 Å². The summed E-state index contributed by atoms with van der Waals surface area (Å²) in [5, 5.41) is 3.02. The third-order valence-corrected chi connectivity index (χ3v) is 9.25. The minimum Gasteiger partial charge on any atom is -0.456 e. The molecule has 0 aliphatic heterocycles. The maximum Gasteiger partial charge on any atom is 0.164 e. The van der Waals surface area contributed by atoms with Crippen LogP contribution in [0.2, 0.25) is 0 Å². The minimum absolute atomic E-state index is 0.598. The van der Waals surface area contributed by atoms with E-state index in [0.717, 1.165) is 70.5 Å². The van der Waals surface area contributed by atoms with E-state index in [1.807, 2.05) is 97.1 Å². The van der Waals surface area contributed by atoms with Crippen LogP contribution in [0.1, 0.15) is 0 Å². The fourth-order valence-corrected chi connectivity index (χ4v) is 7.03. The molecule has 9 aromatic rings. The predicted molar refractivity (Wildman–Crippen MR) is 187 cm³/mol. The average Bonchev–Trinajstić information content (AvgIpc) is 3.74. The van der Waals surface area contributed by atoms with E-state index in [9.17, 15) is 0 Å². The van der Waals surface area contributed by atoms with E-state index < -0.39 is 0 Å². The number of fused-ring (bicyclic) bond motifs is 4. The molecule has 9 rings (SSSR count). The Bertz CT molecular complexity index is 2470. The number of furan rings is 1. The first-order valence-corrected chi connectivity index (χ1v) is 15.9. The van der Waals surface area contributed by atoms with E-state index in [1.54, 1.807) is 11.3 Å². The molecule has 216 valence electrons. The first-order valence-electron chi connectivity index (χ1n) is 15.1. The Hall–Kier alpha value is -5.98. The molecule has 0 unspecified atom stereocenters. The van der Waals surface area contributed by atoms with Crippen LogP contribution in [0, 0.1) is 0 Å². The lowest BCUT2D eigenvalue weighted by Gasteiger charge is -2.10. The molecular weight excluding hydrogens is 585 g/mol. The molecule has 0 atom stereocenters. The molecule has 6 heteroatoms. The largest absolute Gasteiger partial charge is 0.456 e. The first-order chi connectivity index (χ1) is 22.8. The Morgan fingerprint density at radius 2 is 0.957 bits per heavy atom. The second kappa shape index (κ2) is 10.9. The molecule has 0 saturated heterocycles. The van der Waals surface area contributed by atoms with Crippen molar-refractivity contribution < 1.29 is 4.42 Å². The third-order valence-electron chi connectivity index (χ3n) is 8.18. The van der Waals surface area contributed by atoms with E-state index in [-0.39, 0.29) is 0 Å². The van der Waals surface area contributed by atoms with Gasteiger partial charge in [0.2, 0.25) is 0 Å². The summed E-state index contributed by atoms with van der Waals surface area (Å²) in [6, 6.07) is 49.3. The number of hydrogen-bond acceptors (Lipinski definition) is 6. The molecule has 0 N–H and O–H groups in total. The molecule has 0 spiro atoms. The normalized spacial score (nSPS) is 11.5. The molecule has 3 heterocycles. The van der Waals surface area contributed by atoms with Gasteiger partial charge < -0.3 is 4.42 Å². The summed E-state index contributed by atoms with van der Waals surface area (Å²) in [6.07, 6.45) is 0. The van der Waals surface area contributed by atoms with Crippen LogP contribution in [0.3, 0.4) is 0 Å². The van der Waals surface area contributed by atoms with Gasteiger partial charge in [-0.25, -0.2) is 19.9 Å². The summed E-state index contributed by atoms with van der Waals surface area (Å²) in [5.41, 5.74) is 8.66. The molecule has 0 radical (unpaired) electrons. The Morgan fingerprint density at radius 3 is 1.59 bits per heavy atom. The molecule has 0 aliphatic rings. The molecule has 0 bridgehead atoms. The van der Waals surface area contributed by atoms with E-state index >= 15 is 0 Å². The molecule has 0 fully saturated rings. The number of rotatable bonds is 5. The highest BCUT2D eigenvalue weighted by atomic mass is 32.1. The van der Waals surface area contributed by atoms with Crippen molar-refractivity contribution in [1.82, 2.24) is 19.9 Å². The van der Waals surface area contributed by atoms with Gasteiger partial charge in [0.15, 0.2) is 17.5 Å². The average molecular weight is 609 g/mol. The van der Waals surface area contributed by atoms with Crippen LogP contribution in [0.4, 0.5) is 0 Å². The van der Waals surface area contributed by atoms with Crippen LogP contribution in [0.25, 0.3) is 88.0 Å². The zero-order chi connectivity index (χ0) is 30.5. The van der Waals surface area contributed by atoms with Gasteiger partial charge >= 0.3 is 0 Å². The Morgan fingerprint density at radius 1 is 0.413 bits per heavy atom. The number of hydrogen-bond donors (Lipinski definition) is 0. The van der Waals surface area contributed by atoms with Crippen LogP contribution in [0.5, 0.6) is 0 Å². The second-order valence-electron chi connectivity index (χ2n) is 11.1. The fourth-order valence-electron chi connectivity index (χ4n) is 6.02. The zero-order valence-electron chi connectivity index (χ0n) is 24.5. The maximum absolute atomic E-state index is 6.48. The van der Waals surface area contributed by atoms with Gasteiger partial charge in [-0.15, -0.1) is 11.3 Å². The Labute approximate surface area is 268 Å². The molecule has 3 aromatic heterocycles. The van der Waals surface area contributed by atoms with Crippen LogP contribution >= 0.6 is 11.3 Å². The van der Waals surface area contributed by atoms with E-state index in [1.165, 1.54) is 0 Å². The number of aromatic nitrogens is 4. The van der Waals surface area contributed by atoms with Gasteiger partial charge in [-0.1, -0.05) is 121 Å². The molecule has 0 amide bonds. The zero-order valence-corrected chi connectivity index (χ0v) is 25.3. The smallest absolute Gasteiger partial charge is 0.164 e. The fraction of sp³-hybridized carbons (Fsp3) is 0. The van der Waals surface area contributed by atoms with Gasteiger partial charge in [-0.2, -0.15) is 0 Å². The Kier molecular flexibility index (Phi) is 6.25. The highest BCUT2D eigenvalue weighted by molar-refractivity contribution is 7.21. The van der Waals surface area contributed by atoms with Crippen LogP contribution < -0.4 is 0 Å². The molecule has 0 aliphatic carbocycles. The number of benzene rings is 6. The van der Waals surface area contributed by atoms with Crippen molar-refractivity contribution in [2.24, 2.45) is 0 Å². The summed E-state index contributed by atoms with van der Waals surface area (Å²) < 4.78 is 7.61. The lowest BCUT2D eigenvalue weighted by Crippen LogP contribution is -2.00. The lowest BCUT2D eigenvalue weighted by molar-refractivity contribution is 0.669. The van der Waals surface area contributed by atoms with Gasteiger partial charge in [-0.05, 0) is 35.4 Å². The molecular formula is C40H24N4OS. The van der Waals surface area contributed by atoms with Crippen molar-refractivity contribution in [3.63, 3.8) is 0 Å². The standard InChI is InChI=1S/C40H24N4OS/c1-4-12-25(13-5-1)37-42-38(26-14-6-2-7-15-26)44-39(43-37)30-19-11-21-33-36(30)35-29(18-10-20-32(35)45-33)28-22-23-31-34(24-28)46-40(41-31)27-16-8-3-9-17-27/h1-24H. The van der Waals surface area contributed by atoms with Crippen LogP contribution in [-0.2, 0) is 0 Å². The van der Waals surface area contributed by atoms with Gasteiger partial charge in [0.05, 0.1) is 10.2 Å². The Balaban J connectivity index is 1.26. The lowest BCUT2D eigenvalue weighted by atomic mass is 9.97. The van der Waals surface area contributed by atoms with Crippen molar-refractivity contribution in [3.05, 3.63) is 146 Å². The SMILES string of the molecule is c1ccc(-c2nc(-c3ccccc3)nc(-c3cccc4oc5cccc(-c6ccc7nc(-c8ccccc8)sc7c6)c5c34)n2)cc1. The summed E-state index contributed by atoms with van der Waals surface area (Å²) in [4.78, 5) is 19.9. The van der Waals surface area contributed by atoms with Crippen molar-refractivity contribution >= 4 is 43.5 Å². The van der Waals surface area contributed by atoms with E-state index in [4.69, 9.17) is 24.4 Å². The van der Waals surface area contributed by atoms with Gasteiger partial charge in [0, 0.05) is 33.0 Å². The summed E-state index contributed by atoms with van der Waals surface area (Å²) in [5.74, 6) is 1.85. The summed E-state index contributed by atoms with van der Waals surface area (Å²) >= 11 is 1.71. The third kappa shape index (κ3) is 4.55. The van der Waals surface area contributed by atoms with Crippen molar-refractivity contribution in [1.29, 1.82) is 0 Å². The molecule has 6 aromatic carbocycles. The quantitative estimate of drug-likeness (QED) is 0.194. The molecule has 0 saturated carbocycles. The van der Waals surface area contributed by atoms with Crippen LogP contribution in [-0.4, -0.2) is 19.9 Å². The molecule has 5 nitrogen and oxygen atoms in total. The number of thiazole rings is 1. The topological polar surface area (TPSA) is 64.7 Å². The van der Waals surface area contributed by atoms with Crippen molar-refractivity contribution in [2.45, 2.75) is 0 Å². The van der Waals surface area contributed by atoms with Crippen LogP contribution in [0.15, 0.2) is 150 Å². The van der Waals surface area contributed by atoms with Gasteiger partial charge in [0.25, 0.3) is 0 Å². The first kappa shape index (κ1) is 26.4. The minimum atomic E-state index is 0.598. The second-order valence-corrected chi connectivity index (χ2v) is 12.1. The summed E-state index contributed by atoms with van der Waals surface area (Å²) in [6.45, 7) is 0. The van der Waals surface area contributed by atoms with E-state index in [0.29, 0.717) is 17.5 Å².